The van der Waals surface area contributed by atoms with E-state index in [1.165, 1.54) is 36.4 Å². The third-order valence-corrected chi connectivity index (χ3v) is 3.23. The van der Waals surface area contributed by atoms with Crippen LogP contribution >= 0.6 is 11.6 Å². The molecule has 0 aliphatic carbocycles. The van der Waals surface area contributed by atoms with Crippen molar-refractivity contribution in [2.24, 2.45) is 0 Å². The molecule has 0 aliphatic heterocycles. The molecule has 0 aromatic heterocycles. The Hall–Kier alpha value is -3.05. The second-order valence-electron chi connectivity index (χ2n) is 4.42. The standard InChI is InChI=1S/C12H14N4O4S.CHClO2/c13-7-1-3-9(15)11(5-7)19-21(17,18)20-12-6-8(14)2-4-10(12)16;2-1(3)4/h1-6H,13-16H2;(H,3,4). The van der Waals surface area contributed by atoms with E-state index < -0.39 is 15.8 Å². The van der Waals surface area contributed by atoms with Gasteiger partial charge in [0.05, 0.1) is 11.4 Å². The normalized spacial score (nSPS) is 10.3. The summed E-state index contributed by atoms with van der Waals surface area (Å²) >= 11 is 4.19. The molecule has 10 nitrogen and oxygen atoms in total. The van der Waals surface area contributed by atoms with Crippen molar-refractivity contribution in [2.45, 2.75) is 0 Å². The molecule has 9 N–H and O–H groups in total. The van der Waals surface area contributed by atoms with Crippen molar-refractivity contribution >= 4 is 50.2 Å². The number of nitrogens with two attached hydrogens (primary N) is 4. The molecule has 2 rings (SSSR count). The molecular formula is C13H15ClN4O6S. The summed E-state index contributed by atoms with van der Waals surface area (Å²) in [5, 5.41) is 7.18. The number of hydrogen-bond donors (Lipinski definition) is 5. The SMILES string of the molecule is Nc1ccc(N)c(OS(=O)(=O)Oc2cc(N)ccc2N)c1.O=C(O)Cl. The number of halogens is 1. The van der Waals surface area contributed by atoms with Gasteiger partial charge in [0.1, 0.15) is 0 Å². The van der Waals surface area contributed by atoms with Crippen molar-refractivity contribution in [3.05, 3.63) is 36.4 Å². The lowest BCUT2D eigenvalue weighted by Crippen LogP contribution is -2.18. The fraction of sp³-hybridized carbons (Fsp3) is 0. The Balaban J connectivity index is 0.000000705. The molecule has 0 atom stereocenters. The first-order valence-electron chi connectivity index (χ1n) is 6.32. The van der Waals surface area contributed by atoms with Crippen LogP contribution in [0.15, 0.2) is 36.4 Å². The number of nitrogen functional groups attached to an aromatic ring is 4. The molecule has 25 heavy (non-hydrogen) atoms. The van der Waals surface area contributed by atoms with Crippen molar-refractivity contribution in [1.29, 1.82) is 0 Å². The molecule has 0 bridgehead atoms. The van der Waals surface area contributed by atoms with E-state index >= 15 is 0 Å². The van der Waals surface area contributed by atoms with Gasteiger partial charge in [0.25, 0.3) is 0 Å². The smallest absolute Gasteiger partial charge is 0.469 e. The molecule has 0 heterocycles. The molecule has 0 amide bonds. The molecule has 0 aliphatic rings. The predicted octanol–water partition coefficient (Wildman–Crippen LogP) is 1.62. The van der Waals surface area contributed by atoms with Gasteiger partial charge in [-0.1, -0.05) is 0 Å². The van der Waals surface area contributed by atoms with Crippen LogP contribution in [0.25, 0.3) is 0 Å². The quantitative estimate of drug-likeness (QED) is 0.378. The lowest BCUT2D eigenvalue weighted by molar-refractivity contribution is 0.220. The summed E-state index contributed by atoms with van der Waals surface area (Å²) in [7, 11) is -4.44. The van der Waals surface area contributed by atoms with E-state index in [2.05, 4.69) is 11.6 Å². The fourth-order valence-corrected chi connectivity index (χ4v) is 2.25. The summed E-state index contributed by atoms with van der Waals surface area (Å²) in [4.78, 5) is 8.77. The highest BCUT2D eigenvalue weighted by atomic mass is 35.5. The van der Waals surface area contributed by atoms with Gasteiger partial charge in [0, 0.05) is 35.1 Å². The molecule has 0 radical (unpaired) electrons. The van der Waals surface area contributed by atoms with Crippen LogP contribution in [0.3, 0.4) is 0 Å². The lowest BCUT2D eigenvalue weighted by Gasteiger charge is -2.11. The zero-order valence-electron chi connectivity index (χ0n) is 12.5. The Morgan fingerprint density at radius 2 is 1.20 bits per heavy atom. The van der Waals surface area contributed by atoms with Crippen molar-refractivity contribution < 1.29 is 26.7 Å². The highest BCUT2D eigenvalue weighted by molar-refractivity contribution is 7.82. The van der Waals surface area contributed by atoms with E-state index in [4.69, 9.17) is 41.2 Å². The topological polar surface area (TPSA) is 194 Å². The number of carboxylic acid groups (broad SMARTS) is 1. The van der Waals surface area contributed by atoms with E-state index in [0.29, 0.717) is 0 Å². The van der Waals surface area contributed by atoms with Crippen LogP contribution in [0.1, 0.15) is 0 Å². The molecule has 136 valence electrons. The average Bonchev–Trinajstić information content (AvgIpc) is 2.45. The maximum absolute atomic E-state index is 11.9. The fourth-order valence-electron chi connectivity index (χ4n) is 1.48. The zero-order valence-corrected chi connectivity index (χ0v) is 14.1. The Morgan fingerprint density at radius 3 is 1.52 bits per heavy atom. The van der Waals surface area contributed by atoms with Gasteiger partial charge >= 0.3 is 15.8 Å². The number of benzene rings is 2. The summed E-state index contributed by atoms with van der Waals surface area (Å²) in [6, 6.07) is 8.36. The average molecular weight is 391 g/mol. The van der Waals surface area contributed by atoms with Crippen molar-refractivity contribution in [3.63, 3.8) is 0 Å². The molecule has 0 spiro atoms. The van der Waals surface area contributed by atoms with Crippen LogP contribution in [0.5, 0.6) is 11.5 Å². The van der Waals surface area contributed by atoms with Crippen LogP contribution in [0, 0.1) is 0 Å². The van der Waals surface area contributed by atoms with E-state index in [-0.39, 0.29) is 34.2 Å². The summed E-state index contributed by atoms with van der Waals surface area (Å²) in [6.45, 7) is 0. The highest BCUT2D eigenvalue weighted by Crippen LogP contribution is 2.29. The van der Waals surface area contributed by atoms with Gasteiger partial charge in [0.2, 0.25) is 0 Å². The summed E-state index contributed by atoms with van der Waals surface area (Å²) in [6.07, 6.45) is 0. The lowest BCUT2D eigenvalue weighted by atomic mass is 10.3. The molecule has 2 aromatic rings. The van der Waals surface area contributed by atoms with Crippen molar-refractivity contribution in [2.75, 3.05) is 22.9 Å². The minimum atomic E-state index is -4.44. The predicted molar refractivity (Wildman–Crippen MR) is 94.6 cm³/mol. The molecular weight excluding hydrogens is 376 g/mol. The molecule has 0 fully saturated rings. The number of rotatable bonds is 4. The van der Waals surface area contributed by atoms with Crippen molar-refractivity contribution in [1.82, 2.24) is 0 Å². The zero-order chi connectivity index (χ0) is 19.2. The van der Waals surface area contributed by atoms with Crippen LogP contribution in [-0.2, 0) is 10.4 Å². The monoisotopic (exact) mass is 390 g/mol. The van der Waals surface area contributed by atoms with Gasteiger partial charge in [-0.15, -0.1) is 8.42 Å². The minimum Gasteiger partial charge on any atom is -0.469 e. The largest absolute Gasteiger partial charge is 0.501 e. The molecule has 12 heteroatoms. The third-order valence-electron chi connectivity index (χ3n) is 2.46. The summed E-state index contributed by atoms with van der Waals surface area (Å²) in [5.74, 6) is -0.282. The van der Waals surface area contributed by atoms with Gasteiger partial charge in [-0.3, -0.25) is 0 Å². The van der Waals surface area contributed by atoms with Crippen LogP contribution < -0.4 is 31.3 Å². The Bertz CT molecular complexity index is 811. The van der Waals surface area contributed by atoms with Crippen LogP contribution in [-0.4, -0.2) is 19.0 Å². The van der Waals surface area contributed by atoms with Gasteiger partial charge in [-0.2, -0.15) is 0 Å². The minimum absolute atomic E-state index is 0.0944. The third kappa shape index (κ3) is 6.93. The first-order valence-corrected chi connectivity index (χ1v) is 8.03. The van der Waals surface area contributed by atoms with E-state index in [1.807, 2.05) is 0 Å². The Labute approximate surface area is 148 Å². The molecule has 0 unspecified atom stereocenters. The highest BCUT2D eigenvalue weighted by Gasteiger charge is 2.19. The first-order chi connectivity index (χ1) is 11.5. The Morgan fingerprint density at radius 1 is 0.880 bits per heavy atom. The second kappa shape index (κ2) is 8.17. The van der Waals surface area contributed by atoms with Gasteiger partial charge in [0.15, 0.2) is 11.5 Å². The first kappa shape index (κ1) is 20.0. The molecule has 2 aromatic carbocycles. The number of carbonyl (C=O) groups is 1. The van der Waals surface area contributed by atoms with Crippen LogP contribution in [0.2, 0.25) is 0 Å². The molecule has 0 saturated heterocycles. The summed E-state index contributed by atoms with van der Waals surface area (Å²) in [5.41, 5.74) is 21.7. The van der Waals surface area contributed by atoms with E-state index in [1.54, 1.807) is 0 Å². The number of anilines is 4. The maximum Gasteiger partial charge on any atom is 0.501 e. The maximum atomic E-state index is 11.9. The van der Waals surface area contributed by atoms with Gasteiger partial charge in [-0.25, -0.2) is 4.79 Å². The second-order valence-corrected chi connectivity index (χ2v) is 5.90. The molecule has 0 saturated carbocycles. The van der Waals surface area contributed by atoms with Crippen molar-refractivity contribution in [3.8, 4) is 11.5 Å². The summed E-state index contributed by atoms with van der Waals surface area (Å²) < 4.78 is 33.2. The Kier molecular flexibility index (Phi) is 6.53. The van der Waals surface area contributed by atoms with Crippen LogP contribution in [0.4, 0.5) is 27.5 Å². The number of hydrogen-bond acceptors (Lipinski definition) is 9. The van der Waals surface area contributed by atoms with E-state index in [9.17, 15) is 8.42 Å². The van der Waals surface area contributed by atoms with E-state index in [0.717, 1.165) is 0 Å². The van der Waals surface area contributed by atoms with Gasteiger partial charge in [-0.05, 0) is 24.3 Å². The van der Waals surface area contributed by atoms with Gasteiger partial charge < -0.3 is 36.4 Å².